The second-order valence-electron chi connectivity index (χ2n) is 3.67. The number of benzene rings is 1. The maximum absolute atomic E-state index is 5.40. The van der Waals surface area contributed by atoms with E-state index in [-0.39, 0.29) is 21.1 Å². The van der Waals surface area contributed by atoms with E-state index >= 15 is 0 Å². The number of hydrogen-bond acceptors (Lipinski definition) is 3. The van der Waals surface area contributed by atoms with Crippen LogP contribution >= 0.6 is 0 Å². The zero-order valence-corrected chi connectivity index (χ0v) is 12.2. The number of hydrogen-bond donors (Lipinski definition) is 0. The van der Waals surface area contributed by atoms with Crippen molar-refractivity contribution in [2.75, 3.05) is 26.6 Å². The maximum Gasteiger partial charge on any atom is 0.186 e. The van der Waals surface area contributed by atoms with Gasteiger partial charge < -0.3 is 14.2 Å². The van der Waals surface area contributed by atoms with Crippen molar-refractivity contribution in [3.8, 4) is 5.75 Å². The Balaban J connectivity index is 0.00000128. The predicted octanol–water partition coefficient (Wildman–Crippen LogP) is 1.95. The monoisotopic (exact) mass is 391 g/mol. The fraction of sp³-hybridized carbons (Fsp3) is 0.417. The van der Waals surface area contributed by atoms with Crippen LogP contribution in [0.5, 0.6) is 5.75 Å². The van der Waals surface area contributed by atoms with E-state index in [4.69, 9.17) is 14.2 Å². The first-order chi connectivity index (χ1) is 7.34. The summed E-state index contributed by atoms with van der Waals surface area (Å²) in [5.41, 5.74) is 1.23. The van der Waals surface area contributed by atoms with Gasteiger partial charge in [-0.05, 0) is 19.1 Å². The summed E-state index contributed by atoms with van der Waals surface area (Å²) in [5.74, 6) is 2.14. The number of rotatable bonds is 5. The van der Waals surface area contributed by atoms with Crippen molar-refractivity contribution >= 4 is 0 Å². The van der Waals surface area contributed by atoms with Crippen molar-refractivity contribution in [3.05, 3.63) is 35.7 Å². The molecule has 1 heterocycles. The van der Waals surface area contributed by atoms with Gasteiger partial charge in [0.25, 0.3) is 0 Å². The Labute approximate surface area is 110 Å². The van der Waals surface area contributed by atoms with E-state index < -0.39 is 0 Å². The van der Waals surface area contributed by atoms with Gasteiger partial charge in [-0.15, -0.1) is 0 Å². The van der Waals surface area contributed by atoms with E-state index in [0.717, 1.165) is 19.0 Å². The minimum absolute atomic E-state index is 0. The minimum atomic E-state index is 0. The van der Waals surface area contributed by atoms with Crippen molar-refractivity contribution in [2.45, 2.75) is 6.92 Å². The molecule has 0 aromatic heterocycles. The van der Waals surface area contributed by atoms with Crippen LogP contribution in [0.2, 0.25) is 0 Å². The Morgan fingerprint density at radius 2 is 1.94 bits per heavy atom. The van der Waals surface area contributed by atoms with Gasteiger partial charge in [-0.25, -0.2) is 5.92 Å². The molecular weight excluding hydrogens is 376 g/mol. The van der Waals surface area contributed by atoms with Gasteiger partial charge in [0.05, 0.1) is 0 Å². The van der Waals surface area contributed by atoms with Crippen LogP contribution in [0, 0.1) is 12.8 Å². The summed E-state index contributed by atoms with van der Waals surface area (Å²) in [6, 6.07) is 7.92. The molecule has 0 N–H and O–H groups in total. The van der Waals surface area contributed by atoms with Crippen molar-refractivity contribution in [1.29, 1.82) is 0 Å². The Hall–Kier alpha value is -0.372. The van der Waals surface area contributed by atoms with Crippen LogP contribution in [0.15, 0.2) is 24.3 Å². The fourth-order valence-corrected chi connectivity index (χ4v) is 1.26. The second-order valence-corrected chi connectivity index (χ2v) is 3.67. The third kappa shape index (κ3) is 4.24. The van der Waals surface area contributed by atoms with E-state index in [2.05, 4.69) is 0 Å². The summed E-state index contributed by atoms with van der Waals surface area (Å²) in [4.78, 5) is 0. The Morgan fingerprint density at radius 1 is 1.25 bits per heavy atom. The Bertz CT molecular complexity index is 296. The van der Waals surface area contributed by atoms with Crippen LogP contribution in [0.4, 0.5) is 0 Å². The van der Waals surface area contributed by atoms with Gasteiger partial charge in [-0.1, -0.05) is 37.5 Å². The topological polar surface area (TPSA) is 27.7 Å². The van der Waals surface area contributed by atoms with Gasteiger partial charge in [-0.2, -0.15) is 0 Å². The summed E-state index contributed by atoms with van der Waals surface area (Å²) < 4.78 is 15.7. The number of aryl methyl sites for hydroxylation is 1. The first-order valence-corrected chi connectivity index (χ1v) is 5.03. The maximum atomic E-state index is 5.40. The number of ether oxygens (including phenoxy) is 3. The Kier molecular flexibility index (Phi) is 6.03. The molecule has 2 rings (SSSR count). The summed E-state index contributed by atoms with van der Waals surface area (Å²) in [7, 11) is 0. The smallest absolute Gasteiger partial charge is 0.186 e. The second kappa shape index (κ2) is 7.05. The average molecular weight is 391 g/mol. The molecule has 0 spiro atoms. The summed E-state index contributed by atoms with van der Waals surface area (Å²) in [6.45, 7) is 4.47. The molecule has 0 amide bonds. The average Bonchev–Trinajstić information content (AvgIpc) is 2.18. The molecule has 1 aliphatic rings. The van der Waals surface area contributed by atoms with E-state index in [1.807, 2.05) is 31.2 Å². The van der Waals surface area contributed by atoms with E-state index in [1.54, 1.807) is 0 Å². The molecule has 0 saturated carbocycles. The fourth-order valence-electron chi connectivity index (χ4n) is 1.26. The van der Waals surface area contributed by atoms with Gasteiger partial charge in [-0.3, -0.25) is 0 Å². The van der Waals surface area contributed by atoms with Crippen LogP contribution in [0.25, 0.3) is 0 Å². The summed E-state index contributed by atoms with van der Waals surface area (Å²) in [5, 5.41) is 0. The normalized spacial score (nSPS) is 15.1. The molecule has 1 aromatic carbocycles. The zero-order valence-electron chi connectivity index (χ0n) is 9.27. The third-order valence-corrected chi connectivity index (χ3v) is 2.25. The molecule has 4 heteroatoms. The standard InChI is InChI=1S/C12H15O3.W/c1-10-2-4-12(5-3-10)15-9-14-8-11-6-13-7-11;/h2-5H,6-9H2,1H3;/q-1;. The molecule has 16 heavy (non-hydrogen) atoms. The predicted molar refractivity (Wildman–Crippen MR) is 56.7 cm³/mol. The minimum Gasteiger partial charge on any atom is -0.468 e. The quantitative estimate of drug-likeness (QED) is 0.437. The van der Waals surface area contributed by atoms with E-state index in [9.17, 15) is 0 Å². The summed E-state index contributed by atoms with van der Waals surface area (Å²) in [6.07, 6.45) is 0. The Morgan fingerprint density at radius 3 is 2.50 bits per heavy atom. The molecule has 0 bridgehead atoms. The first-order valence-electron chi connectivity index (χ1n) is 5.03. The third-order valence-electron chi connectivity index (χ3n) is 2.25. The molecule has 0 radical (unpaired) electrons. The van der Waals surface area contributed by atoms with Crippen molar-refractivity contribution < 1.29 is 35.3 Å². The van der Waals surface area contributed by atoms with Gasteiger partial charge in [0, 0.05) is 21.1 Å². The van der Waals surface area contributed by atoms with Crippen LogP contribution in [0.1, 0.15) is 5.56 Å². The van der Waals surface area contributed by atoms with Crippen LogP contribution in [-0.2, 0) is 30.5 Å². The molecule has 1 aliphatic heterocycles. The molecule has 0 atom stereocenters. The van der Waals surface area contributed by atoms with Gasteiger partial charge in [0.15, 0.2) is 6.79 Å². The SMILES string of the molecule is Cc1ccc(OCOC[C-]2COC2)cc1.[W]. The molecule has 1 aromatic rings. The molecule has 0 unspecified atom stereocenters. The van der Waals surface area contributed by atoms with E-state index in [0.29, 0.717) is 13.4 Å². The molecule has 88 valence electrons. The first kappa shape index (κ1) is 13.7. The largest absolute Gasteiger partial charge is 0.468 e. The van der Waals surface area contributed by atoms with Crippen LogP contribution in [-0.4, -0.2) is 26.6 Å². The van der Waals surface area contributed by atoms with Crippen molar-refractivity contribution in [3.63, 3.8) is 0 Å². The van der Waals surface area contributed by atoms with Crippen molar-refractivity contribution in [1.82, 2.24) is 0 Å². The van der Waals surface area contributed by atoms with Gasteiger partial charge >= 0.3 is 0 Å². The molecule has 0 aliphatic carbocycles. The molecular formula is C12H15O3W-. The molecule has 3 nitrogen and oxygen atoms in total. The molecule has 1 fully saturated rings. The van der Waals surface area contributed by atoms with Gasteiger partial charge in [0.1, 0.15) is 5.75 Å². The van der Waals surface area contributed by atoms with Gasteiger partial charge in [0.2, 0.25) is 0 Å². The van der Waals surface area contributed by atoms with Crippen molar-refractivity contribution in [2.24, 2.45) is 0 Å². The van der Waals surface area contributed by atoms with Crippen LogP contribution < -0.4 is 4.74 Å². The summed E-state index contributed by atoms with van der Waals surface area (Å²) >= 11 is 0. The molecule has 1 saturated heterocycles. The van der Waals surface area contributed by atoms with E-state index in [1.165, 1.54) is 11.5 Å². The van der Waals surface area contributed by atoms with Crippen LogP contribution in [0.3, 0.4) is 0 Å². The zero-order chi connectivity index (χ0) is 10.5.